The van der Waals surface area contributed by atoms with Gasteiger partial charge in [0.1, 0.15) is 0 Å². The molecular weight excluding hydrogens is 346 g/mol. The predicted molar refractivity (Wildman–Crippen MR) is 93.1 cm³/mol. The summed E-state index contributed by atoms with van der Waals surface area (Å²) in [6.07, 6.45) is 3.91. The Balaban J connectivity index is 1.98. The first-order chi connectivity index (χ1) is 12.0. The first-order valence-electron chi connectivity index (χ1n) is 7.62. The molecular formula is C19H15ClF2N2O. The highest BCUT2D eigenvalue weighted by molar-refractivity contribution is 6.30. The van der Waals surface area contributed by atoms with E-state index in [2.05, 4.69) is 14.7 Å². The van der Waals surface area contributed by atoms with Crippen LogP contribution in [0.3, 0.4) is 0 Å². The van der Waals surface area contributed by atoms with Crippen LogP contribution < -0.4 is 4.74 Å². The zero-order chi connectivity index (χ0) is 17.8. The predicted octanol–water partition coefficient (Wildman–Crippen LogP) is 5.30. The van der Waals surface area contributed by atoms with Crippen molar-refractivity contribution in [2.75, 3.05) is 0 Å². The molecule has 0 fully saturated rings. The number of aryl methyl sites for hydroxylation is 1. The molecule has 3 rings (SSSR count). The largest absolute Gasteiger partial charge is 0.416 e. The number of nitrogens with zero attached hydrogens (tertiary/aromatic N) is 2. The van der Waals surface area contributed by atoms with Gasteiger partial charge in [-0.25, -0.2) is 4.98 Å². The molecule has 0 amide bonds. The molecule has 0 aliphatic carbocycles. The van der Waals surface area contributed by atoms with E-state index in [1.807, 2.05) is 19.1 Å². The van der Waals surface area contributed by atoms with Crippen molar-refractivity contribution in [2.24, 2.45) is 0 Å². The summed E-state index contributed by atoms with van der Waals surface area (Å²) in [4.78, 5) is 8.34. The molecule has 0 spiro atoms. The van der Waals surface area contributed by atoms with Crippen molar-refractivity contribution in [3.8, 4) is 17.0 Å². The zero-order valence-corrected chi connectivity index (χ0v) is 14.2. The second-order valence-corrected chi connectivity index (χ2v) is 6.01. The highest BCUT2D eigenvalue weighted by atomic mass is 35.5. The quantitative estimate of drug-likeness (QED) is 0.619. The topological polar surface area (TPSA) is 35.0 Å². The standard InChI is InChI=1S/C19H15ClF2N2O/c1-12-5-6-13(10-23-12)7-14-8-17(15-3-2-4-16(20)9-15)18(24-11-14)25-19(21)22/h2-6,8-11,19H,7H2,1H3. The van der Waals surface area contributed by atoms with Gasteiger partial charge >= 0.3 is 6.61 Å². The van der Waals surface area contributed by atoms with Crippen LogP contribution in [-0.4, -0.2) is 16.6 Å². The van der Waals surface area contributed by atoms with Crippen molar-refractivity contribution in [1.29, 1.82) is 0 Å². The molecule has 0 N–H and O–H groups in total. The van der Waals surface area contributed by atoms with Crippen LogP contribution in [0.5, 0.6) is 5.88 Å². The summed E-state index contributed by atoms with van der Waals surface area (Å²) in [7, 11) is 0. The molecule has 0 aliphatic rings. The molecule has 6 heteroatoms. The van der Waals surface area contributed by atoms with E-state index in [-0.39, 0.29) is 5.88 Å². The van der Waals surface area contributed by atoms with Crippen LogP contribution in [0.4, 0.5) is 8.78 Å². The van der Waals surface area contributed by atoms with Gasteiger partial charge in [0.25, 0.3) is 0 Å². The van der Waals surface area contributed by atoms with Gasteiger partial charge in [0.15, 0.2) is 0 Å². The third-order valence-electron chi connectivity index (χ3n) is 3.62. The fourth-order valence-electron chi connectivity index (χ4n) is 2.47. The van der Waals surface area contributed by atoms with Gasteiger partial charge < -0.3 is 4.74 Å². The van der Waals surface area contributed by atoms with Crippen LogP contribution in [0.1, 0.15) is 16.8 Å². The minimum Gasteiger partial charge on any atom is -0.416 e. The fourth-order valence-corrected chi connectivity index (χ4v) is 2.66. The number of halogens is 3. The van der Waals surface area contributed by atoms with Crippen molar-refractivity contribution in [1.82, 2.24) is 9.97 Å². The lowest BCUT2D eigenvalue weighted by molar-refractivity contribution is -0.0524. The Labute approximate surface area is 149 Å². The van der Waals surface area contributed by atoms with Gasteiger partial charge in [-0.05, 0) is 47.9 Å². The Morgan fingerprint density at radius 3 is 2.52 bits per heavy atom. The van der Waals surface area contributed by atoms with Gasteiger partial charge in [0, 0.05) is 35.1 Å². The second-order valence-electron chi connectivity index (χ2n) is 5.57. The van der Waals surface area contributed by atoms with Crippen LogP contribution in [0, 0.1) is 6.92 Å². The molecule has 0 saturated carbocycles. The summed E-state index contributed by atoms with van der Waals surface area (Å²) < 4.78 is 29.9. The van der Waals surface area contributed by atoms with Crippen molar-refractivity contribution in [3.05, 3.63) is 76.7 Å². The number of hydrogen-bond donors (Lipinski definition) is 0. The fraction of sp³-hybridized carbons (Fsp3) is 0.158. The van der Waals surface area contributed by atoms with Crippen LogP contribution in [0.2, 0.25) is 5.02 Å². The molecule has 0 atom stereocenters. The molecule has 25 heavy (non-hydrogen) atoms. The highest BCUT2D eigenvalue weighted by Gasteiger charge is 2.14. The third-order valence-corrected chi connectivity index (χ3v) is 3.86. The van der Waals surface area contributed by atoms with Crippen molar-refractivity contribution in [3.63, 3.8) is 0 Å². The van der Waals surface area contributed by atoms with E-state index in [1.165, 1.54) is 6.20 Å². The Bertz CT molecular complexity index is 870. The van der Waals surface area contributed by atoms with Crippen molar-refractivity contribution < 1.29 is 13.5 Å². The zero-order valence-electron chi connectivity index (χ0n) is 13.4. The summed E-state index contributed by atoms with van der Waals surface area (Å²) in [5.74, 6) is -0.122. The average Bonchev–Trinajstić information content (AvgIpc) is 2.58. The molecule has 128 valence electrons. The van der Waals surface area contributed by atoms with Gasteiger partial charge in [0.05, 0.1) is 0 Å². The molecule has 0 aliphatic heterocycles. The smallest absolute Gasteiger partial charge is 0.388 e. The van der Waals surface area contributed by atoms with Gasteiger partial charge in [-0.1, -0.05) is 29.8 Å². The Hall–Kier alpha value is -2.53. The van der Waals surface area contributed by atoms with Crippen LogP contribution in [-0.2, 0) is 6.42 Å². The number of benzene rings is 1. The Morgan fingerprint density at radius 1 is 1.04 bits per heavy atom. The van der Waals surface area contributed by atoms with Crippen LogP contribution in [0.15, 0.2) is 54.9 Å². The number of hydrogen-bond acceptors (Lipinski definition) is 3. The number of aromatic nitrogens is 2. The molecule has 0 saturated heterocycles. The average molecular weight is 361 g/mol. The molecule has 0 bridgehead atoms. The molecule has 3 aromatic rings. The van der Waals surface area contributed by atoms with Crippen LogP contribution in [0.25, 0.3) is 11.1 Å². The summed E-state index contributed by atoms with van der Waals surface area (Å²) in [6.45, 7) is -1.03. The Kier molecular flexibility index (Phi) is 5.24. The summed E-state index contributed by atoms with van der Waals surface area (Å²) in [5, 5.41) is 0.508. The lowest BCUT2D eigenvalue weighted by atomic mass is 10.0. The Morgan fingerprint density at radius 2 is 1.84 bits per heavy atom. The van der Waals surface area contributed by atoms with E-state index in [1.54, 1.807) is 36.5 Å². The minimum atomic E-state index is -2.95. The van der Waals surface area contributed by atoms with E-state index < -0.39 is 6.61 Å². The molecule has 0 unspecified atom stereocenters. The normalized spacial score (nSPS) is 10.9. The minimum absolute atomic E-state index is 0.122. The highest BCUT2D eigenvalue weighted by Crippen LogP contribution is 2.32. The summed E-state index contributed by atoms with van der Waals surface area (Å²) in [6, 6.07) is 12.6. The monoisotopic (exact) mass is 360 g/mol. The number of rotatable bonds is 5. The number of pyridine rings is 2. The van der Waals surface area contributed by atoms with Crippen molar-refractivity contribution in [2.45, 2.75) is 20.0 Å². The van der Waals surface area contributed by atoms with Gasteiger partial charge in [0.2, 0.25) is 5.88 Å². The first-order valence-corrected chi connectivity index (χ1v) is 8.00. The summed E-state index contributed by atoms with van der Waals surface area (Å²) >= 11 is 6.02. The number of ether oxygens (including phenoxy) is 1. The maximum Gasteiger partial charge on any atom is 0.388 e. The van der Waals surface area contributed by atoms with Gasteiger partial charge in [-0.15, -0.1) is 0 Å². The van der Waals surface area contributed by atoms with Gasteiger partial charge in [-0.2, -0.15) is 8.78 Å². The molecule has 0 radical (unpaired) electrons. The van der Waals surface area contributed by atoms with E-state index in [0.717, 1.165) is 16.8 Å². The third kappa shape index (κ3) is 4.51. The van der Waals surface area contributed by atoms with E-state index >= 15 is 0 Å². The maximum absolute atomic E-state index is 12.7. The van der Waals surface area contributed by atoms with Gasteiger partial charge in [-0.3, -0.25) is 4.98 Å². The molecule has 2 heterocycles. The van der Waals surface area contributed by atoms with Crippen molar-refractivity contribution >= 4 is 11.6 Å². The first kappa shape index (κ1) is 17.3. The maximum atomic E-state index is 12.7. The van der Waals surface area contributed by atoms with E-state index in [4.69, 9.17) is 11.6 Å². The second kappa shape index (κ2) is 7.57. The molecule has 1 aromatic carbocycles. The lowest BCUT2D eigenvalue weighted by Crippen LogP contribution is -2.05. The van der Waals surface area contributed by atoms with E-state index in [9.17, 15) is 8.78 Å². The van der Waals surface area contributed by atoms with Crippen LogP contribution >= 0.6 is 11.6 Å². The summed E-state index contributed by atoms with van der Waals surface area (Å²) in [5.41, 5.74) is 3.94. The molecule has 3 nitrogen and oxygen atoms in total. The van der Waals surface area contributed by atoms with E-state index in [0.29, 0.717) is 22.6 Å². The number of alkyl halides is 2. The lowest BCUT2D eigenvalue weighted by Gasteiger charge is -2.12. The SMILES string of the molecule is Cc1ccc(Cc2cnc(OC(F)F)c(-c3cccc(Cl)c3)c2)cn1. The molecule has 2 aromatic heterocycles.